The highest BCUT2D eigenvalue weighted by Gasteiger charge is 2.29. The molecule has 2 atom stereocenters. The van der Waals surface area contributed by atoms with Crippen molar-refractivity contribution >= 4 is 22.3 Å². The van der Waals surface area contributed by atoms with Gasteiger partial charge in [0.2, 0.25) is 0 Å². The van der Waals surface area contributed by atoms with Crippen molar-refractivity contribution in [1.82, 2.24) is 20.2 Å². The molecule has 1 N–H and O–H groups in total. The fourth-order valence-corrected chi connectivity index (χ4v) is 6.12. The number of fused-ring (bicyclic) bond motifs is 2. The predicted octanol–water partition coefficient (Wildman–Crippen LogP) is 3.36. The molecule has 0 aliphatic carbocycles. The first kappa shape index (κ1) is 24.0. The third-order valence-electron chi connectivity index (χ3n) is 8.16. The summed E-state index contributed by atoms with van der Waals surface area (Å²) in [6, 6.07) is 15.9. The third-order valence-corrected chi connectivity index (χ3v) is 8.16. The minimum Gasteiger partial charge on any atom is -0.490 e. The second-order valence-corrected chi connectivity index (χ2v) is 10.5. The Labute approximate surface area is 218 Å². The lowest BCUT2D eigenvalue weighted by Gasteiger charge is -2.37. The van der Waals surface area contributed by atoms with Crippen molar-refractivity contribution in [2.24, 2.45) is 0 Å². The van der Waals surface area contributed by atoms with E-state index in [2.05, 4.69) is 69.5 Å². The lowest BCUT2D eigenvalue weighted by atomic mass is 10.0. The van der Waals surface area contributed by atoms with Crippen LogP contribution in [0.2, 0.25) is 0 Å². The summed E-state index contributed by atoms with van der Waals surface area (Å²) in [5.41, 5.74) is 3.49. The van der Waals surface area contributed by atoms with Gasteiger partial charge in [-0.2, -0.15) is 5.26 Å². The van der Waals surface area contributed by atoms with Crippen molar-refractivity contribution < 1.29 is 4.74 Å². The van der Waals surface area contributed by atoms with Crippen molar-refractivity contribution in [2.75, 3.05) is 56.2 Å². The Balaban J connectivity index is 1.29. The minimum absolute atomic E-state index is 0.179. The summed E-state index contributed by atoms with van der Waals surface area (Å²) in [6.45, 7) is 6.04. The van der Waals surface area contributed by atoms with Gasteiger partial charge in [0.25, 0.3) is 0 Å². The molecule has 2 aromatic carbocycles. The highest BCUT2D eigenvalue weighted by atomic mass is 16.5. The summed E-state index contributed by atoms with van der Waals surface area (Å²) in [4.78, 5) is 16.6. The molecule has 1 unspecified atom stereocenters. The Hall–Kier alpha value is -3.41. The Bertz CT molecular complexity index is 1310. The van der Waals surface area contributed by atoms with Crippen LogP contribution in [-0.2, 0) is 13.0 Å². The molecule has 1 aromatic heterocycles. The first-order valence-electron chi connectivity index (χ1n) is 13.5. The molecular formula is C29H35N7O. The molecular weight excluding hydrogens is 462 g/mol. The molecule has 4 heterocycles. The van der Waals surface area contributed by atoms with Crippen LogP contribution in [0.15, 0.2) is 42.7 Å². The topological polar surface area (TPSA) is 80.6 Å². The van der Waals surface area contributed by atoms with Gasteiger partial charge in [-0.1, -0.05) is 30.3 Å². The normalized spacial score (nSPS) is 22.2. The molecule has 6 rings (SSSR count). The Morgan fingerprint density at radius 1 is 1.11 bits per heavy atom. The number of likely N-dealkylation sites (N-methyl/N-ethyl adjacent to an activating group) is 1. The van der Waals surface area contributed by atoms with Gasteiger partial charge in [-0.05, 0) is 44.3 Å². The van der Waals surface area contributed by atoms with Crippen molar-refractivity contribution in [2.45, 2.75) is 44.3 Å². The summed E-state index contributed by atoms with van der Waals surface area (Å²) in [7, 11) is 2.20. The number of aromatic nitrogens is 2. The first-order valence-corrected chi connectivity index (χ1v) is 13.5. The summed E-state index contributed by atoms with van der Waals surface area (Å²) >= 11 is 0. The molecule has 192 valence electrons. The number of ether oxygens (including phenoxy) is 1. The zero-order valence-electron chi connectivity index (χ0n) is 21.6. The van der Waals surface area contributed by atoms with E-state index in [0.717, 1.165) is 63.0 Å². The van der Waals surface area contributed by atoms with Crippen LogP contribution >= 0.6 is 0 Å². The standard InChI is InChI=1S/C29H35N7O/c1-34-14-4-6-23(34)19-37-27-9-8-21-5-2-3-7-24(21)28(27)35-15-11-25-26(18-35)32-20-33-29(25)36-16-13-31-22(17-36)10-12-30/h2-3,5,7-9,20,22-23,31H,4,6,10-11,13-19H2,1H3/t22?,23-/m0/s1. The molecule has 8 heteroatoms. The molecule has 3 aliphatic heterocycles. The number of nitrogens with one attached hydrogen (secondary N) is 1. The van der Waals surface area contributed by atoms with Crippen molar-refractivity contribution in [3.05, 3.63) is 54.0 Å². The van der Waals surface area contributed by atoms with Crippen LogP contribution in [0.1, 0.15) is 30.5 Å². The van der Waals surface area contributed by atoms with E-state index in [-0.39, 0.29) is 6.04 Å². The fourth-order valence-electron chi connectivity index (χ4n) is 6.12. The molecule has 8 nitrogen and oxygen atoms in total. The smallest absolute Gasteiger partial charge is 0.143 e. The Kier molecular flexibility index (Phi) is 6.81. The Morgan fingerprint density at radius 2 is 2.03 bits per heavy atom. The van der Waals surface area contributed by atoms with Crippen LogP contribution in [0.3, 0.4) is 0 Å². The number of likely N-dealkylation sites (tertiary alicyclic amines) is 1. The summed E-state index contributed by atoms with van der Waals surface area (Å²) in [5, 5.41) is 15.1. The second-order valence-electron chi connectivity index (χ2n) is 10.5. The molecule has 37 heavy (non-hydrogen) atoms. The van der Waals surface area contributed by atoms with Gasteiger partial charge >= 0.3 is 0 Å². The molecule has 0 amide bonds. The van der Waals surface area contributed by atoms with E-state index in [1.54, 1.807) is 6.33 Å². The van der Waals surface area contributed by atoms with Crippen LogP contribution in [0.25, 0.3) is 10.8 Å². The quantitative estimate of drug-likeness (QED) is 0.555. The molecule has 3 aromatic rings. The maximum Gasteiger partial charge on any atom is 0.143 e. The number of benzene rings is 2. The maximum absolute atomic E-state index is 9.16. The van der Waals surface area contributed by atoms with Gasteiger partial charge in [-0.15, -0.1) is 0 Å². The van der Waals surface area contributed by atoms with E-state index >= 15 is 0 Å². The number of nitrogens with zero attached hydrogens (tertiary/aromatic N) is 6. The van der Waals surface area contributed by atoms with Gasteiger partial charge in [0.1, 0.15) is 24.5 Å². The van der Waals surface area contributed by atoms with Crippen molar-refractivity contribution in [3.8, 4) is 11.8 Å². The zero-order valence-corrected chi connectivity index (χ0v) is 21.6. The average Bonchev–Trinajstić information content (AvgIpc) is 3.35. The minimum atomic E-state index is 0.179. The average molecular weight is 498 g/mol. The molecule has 0 spiro atoms. The maximum atomic E-state index is 9.16. The molecule has 0 bridgehead atoms. The van der Waals surface area contributed by atoms with E-state index in [4.69, 9.17) is 20.0 Å². The van der Waals surface area contributed by atoms with Gasteiger partial charge in [-0.3, -0.25) is 0 Å². The van der Waals surface area contributed by atoms with Crippen LogP contribution in [0.4, 0.5) is 11.5 Å². The highest BCUT2D eigenvalue weighted by molar-refractivity contribution is 5.97. The van der Waals surface area contributed by atoms with Crippen LogP contribution in [0, 0.1) is 11.3 Å². The van der Waals surface area contributed by atoms with E-state index in [9.17, 15) is 0 Å². The second kappa shape index (κ2) is 10.5. The van der Waals surface area contributed by atoms with E-state index in [0.29, 0.717) is 19.1 Å². The summed E-state index contributed by atoms with van der Waals surface area (Å²) < 4.78 is 6.54. The largest absolute Gasteiger partial charge is 0.490 e. The molecule has 3 aliphatic rings. The fraction of sp³-hybridized carbons (Fsp3) is 0.483. The number of hydrogen-bond acceptors (Lipinski definition) is 8. The molecule has 0 radical (unpaired) electrons. The van der Waals surface area contributed by atoms with Crippen LogP contribution in [0.5, 0.6) is 5.75 Å². The third kappa shape index (κ3) is 4.81. The summed E-state index contributed by atoms with van der Waals surface area (Å²) in [6.07, 6.45) is 5.53. The lowest BCUT2D eigenvalue weighted by Crippen LogP contribution is -2.51. The first-order chi connectivity index (χ1) is 18.2. The van der Waals surface area contributed by atoms with E-state index in [1.807, 2.05) is 0 Å². The van der Waals surface area contributed by atoms with Gasteiger partial charge < -0.3 is 24.8 Å². The van der Waals surface area contributed by atoms with Crippen molar-refractivity contribution in [1.29, 1.82) is 5.26 Å². The number of rotatable bonds is 6. The van der Waals surface area contributed by atoms with Gasteiger partial charge in [-0.25, -0.2) is 9.97 Å². The number of anilines is 2. The number of nitriles is 1. The monoisotopic (exact) mass is 497 g/mol. The number of piperazine rings is 1. The van der Waals surface area contributed by atoms with Gasteiger partial charge in [0.15, 0.2) is 0 Å². The molecule has 2 fully saturated rings. The van der Waals surface area contributed by atoms with Gasteiger partial charge in [0, 0.05) is 49.2 Å². The SMILES string of the molecule is CN1CCC[C@H]1COc1ccc2ccccc2c1N1CCc2c(ncnc2N2CCNC(CC#N)C2)C1. The molecule has 0 saturated carbocycles. The summed E-state index contributed by atoms with van der Waals surface area (Å²) in [5.74, 6) is 1.99. The van der Waals surface area contributed by atoms with Crippen LogP contribution < -0.4 is 19.9 Å². The van der Waals surface area contributed by atoms with E-state index in [1.165, 1.54) is 34.9 Å². The van der Waals surface area contributed by atoms with E-state index < -0.39 is 0 Å². The molecule has 2 saturated heterocycles. The zero-order chi connectivity index (χ0) is 25.2. The predicted molar refractivity (Wildman–Crippen MR) is 146 cm³/mol. The Morgan fingerprint density at radius 3 is 2.89 bits per heavy atom. The highest BCUT2D eigenvalue weighted by Crippen LogP contribution is 2.40. The number of hydrogen-bond donors (Lipinski definition) is 1. The van der Waals surface area contributed by atoms with Crippen LogP contribution in [-0.4, -0.2) is 73.3 Å². The van der Waals surface area contributed by atoms with Crippen molar-refractivity contribution in [3.63, 3.8) is 0 Å². The lowest BCUT2D eigenvalue weighted by molar-refractivity contribution is 0.198. The van der Waals surface area contributed by atoms with Gasteiger partial charge in [0.05, 0.1) is 30.4 Å².